The maximum atomic E-state index is 12.4. The van der Waals surface area contributed by atoms with E-state index < -0.39 is 0 Å². The molecule has 1 aliphatic heterocycles. The molecule has 0 aliphatic carbocycles. The largest absolute Gasteiger partial charge is 0.303 e. The van der Waals surface area contributed by atoms with Crippen molar-refractivity contribution in [3.05, 3.63) is 47.7 Å². The van der Waals surface area contributed by atoms with Gasteiger partial charge in [-0.2, -0.15) is 0 Å². The number of carbonyl (C=O) groups is 1. The molecule has 0 atom stereocenters. The molecule has 2 heteroatoms. The van der Waals surface area contributed by atoms with Crippen LogP contribution in [0, 0.1) is 0 Å². The standard InChI is InChI=1S/C15H21NO/c1-7-9-12-11(3)16(15(4,5)6)14(17)13(12)10-8-2/h7-10H,3H2,1-2,4-6H3/b9-7-,10-8-. The molecule has 0 saturated heterocycles. The zero-order valence-corrected chi connectivity index (χ0v) is 11.4. The second-order valence-corrected chi connectivity index (χ2v) is 5.09. The van der Waals surface area contributed by atoms with E-state index in [1.165, 1.54) is 0 Å². The highest BCUT2D eigenvalue weighted by Crippen LogP contribution is 2.35. The van der Waals surface area contributed by atoms with Crippen LogP contribution in [0.5, 0.6) is 0 Å². The van der Waals surface area contributed by atoms with Gasteiger partial charge in [0.25, 0.3) is 5.91 Å². The van der Waals surface area contributed by atoms with Crippen molar-refractivity contribution in [2.75, 3.05) is 0 Å². The molecule has 0 bridgehead atoms. The number of carbonyl (C=O) groups excluding carboxylic acids is 1. The Kier molecular flexibility index (Phi) is 3.76. The van der Waals surface area contributed by atoms with Gasteiger partial charge in [0.15, 0.2) is 0 Å². The Morgan fingerprint density at radius 3 is 1.94 bits per heavy atom. The summed E-state index contributed by atoms with van der Waals surface area (Å²) in [5.74, 6) is 0.0358. The number of amides is 1. The van der Waals surface area contributed by atoms with Gasteiger partial charge in [-0.1, -0.05) is 30.9 Å². The molecule has 0 aromatic heterocycles. The second kappa shape index (κ2) is 4.74. The first-order chi connectivity index (χ1) is 7.84. The third-order valence-electron chi connectivity index (χ3n) is 2.64. The third kappa shape index (κ3) is 2.41. The van der Waals surface area contributed by atoms with Gasteiger partial charge in [0, 0.05) is 22.4 Å². The van der Waals surface area contributed by atoms with E-state index in [0.717, 1.165) is 16.8 Å². The van der Waals surface area contributed by atoms with Crippen molar-refractivity contribution in [1.29, 1.82) is 0 Å². The van der Waals surface area contributed by atoms with Gasteiger partial charge < -0.3 is 4.90 Å². The van der Waals surface area contributed by atoms with Crippen molar-refractivity contribution in [2.45, 2.75) is 40.2 Å². The van der Waals surface area contributed by atoms with E-state index in [9.17, 15) is 4.79 Å². The van der Waals surface area contributed by atoms with Gasteiger partial charge in [-0.25, -0.2) is 0 Å². The molecule has 0 saturated carbocycles. The summed E-state index contributed by atoms with van der Waals surface area (Å²) in [6.45, 7) is 13.9. The molecule has 0 N–H and O–H groups in total. The van der Waals surface area contributed by atoms with Gasteiger partial charge in [-0.15, -0.1) is 0 Å². The number of allylic oxidation sites excluding steroid dienone is 3. The van der Waals surface area contributed by atoms with Crippen LogP contribution in [0.4, 0.5) is 0 Å². The highest BCUT2D eigenvalue weighted by atomic mass is 16.2. The molecule has 1 heterocycles. The molecule has 0 fully saturated rings. The number of nitrogens with zero attached hydrogens (tertiary/aromatic N) is 1. The van der Waals surface area contributed by atoms with Crippen molar-refractivity contribution < 1.29 is 4.79 Å². The minimum atomic E-state index is -0.246. The summed E-state index contributed by atoms with van der Waals surface area (Å²) in [5, 5.41) is 0. The van der Waals surface area contributed by atoms with E-state index in [0.29, 0.717) is 0 Å². The molecular formula is C15H21NO. The smallest absolute Gasteiger partial charge is 0.259 e. The Labute approximate surface area is 104 Å². The monoisotopic (exact) mass is 231 g/mol. The van der Waals surface area contributed by atoms with Gasteiger partial charge in [-0.3, -0.25) is 4.79 Å². The Morgan fingerprint density at radius 1 is 1.06 bits per heavy atom. The second-order valence-electron chi connectivity index (χ2n) is 5.09. The minimum absolute atomic E-state index is 0.0358. The van der Waals surface area contributed by atoms with Crippen LogP contribution in [0.2, 0.25) is 0 Å². The number of hydrogen-bond acceptors (Lipinski definition) is 1. The Balaban J connectivity index is 3.32. The average Bonchev–Trinajstić information content (AvgIpc) is 2.42. The van der Waals surface area contributed by atoms with E-state index in [4.69, 9.17) is 0 Å². The van der Waals surface area contributed by atoms with Gasteiger partial charge in [0.1, 0.15) is 0 Å². The molecule has 0 spiro atoms. The van der Waals surface area contributed by atoms with Gasteiger partial charge >= 0.3 is 0 Å². The molecule has 0 radical (unpaired) electrons. The Hall–Kier alpha value is -1.57. The fraction of sp³-hybridized carbons (Fsp3) is 0.400. The lowest BCUT2D eigenvalue weighted by molar-refractivity contribution is -0.127. The molecule has 1 aliphatic rings. The highest BCUT2D eigenvalue weighted by Gasteiger charge is 2.37. The van der Waals surface area contributed by atoms with E-state index in [1.807, 2.05) is 58.9 Å². The van der Waals surface area contributed by atoms with Crippen LogP contribution in [-0.4, -0.2) is 16.3 Å². The fourth-order valence-electron chi connectivity index (χ4n) is 2.02. The van der Waals surface area contributed by atoms with Crippen LogP contribution in [0.1, 0.15) is 34.6 Å². The van der Waals surface area contributed by atoms with Crippen molar-refractivity contribution in [3.63, 3.8) is 0 Å². The zero-order chi connectivity index (χ0) is 13.2. The first-order valence-corrected chi connectivity index (χ1v) is 5.88. The summed E-state index contributed by atoms with van der Waals surface area (Å²) in [4.78, 5) is 14.1. The first kappa shape index (κ1) is 13.5. The van der Waals surface area contributed by atoms with E-state index in [-0.39, 0.29) is 11.4 Å². The maximum Gasteiger partial charge on any atom is 0.259 e. The summed E-state index contributed by atoms with van der Waals surface area (Å²) in [7, 11) is 0. The molecule has 92 valence electrons. The van der Waals surface area contributed by atoms with Crippen LogP contribution in [0.3, 0.4) is 0 Å². The number of hydrogen-bond donors (Lipinski definition) is 0. The fourth-order valence-corrected chi connectivity index (χ4v) is 2.02. The molecule has 0 aromatic carbocycles. The van der Waals surface area contributed by atoms with E-state index >= 15 is 0 Å². The van der Waals surface area contributed by atoms with Crippen LogP contribution >= 0.6 is 0 Å². The van der Waals surface area contributed by atoms with Crippen LogP contribution in [0.25, 0.3) is 0 Å². The SMILES string of the molecule is C=C1C(/C=C\C)=C(/C=C\C)C(=O)N1C(C)(C)C. The minimum Gasteiger partial charge on any atom is -0.303 e. The molecule has 1 amide bonds. The molecule has 17 heavy (non-hydrogen) atoms. The lowest BCUT2D eigenvalue weighted by atomic mass is 10.1. The lowest BCUT2D eigenvalue weighted by Gasteiger charge is -2.33. The topological polar surface area (TPSA) is 20.3 Å². The summed E-state index contributed by atoms with van der Waals surface area (Å²) >= 11 is 0. The van der Waals surface area contributed by atoms with Gasteiger partial charge in [0.05, 0.1) is 0 Å². The third-order valence-corrected chi connectivity index (χ3v) is 2.64. The van der Waals surface area contributed by atoms with Crippen molar-refractivity contribution >= 4 is 5.91 Å². The summed E-state index contributed by atoms with van der Waals surface area (Å²) < 4.78 is 0. The van der Waals surface area contributed by atoms with Crippen molar-refractivity contribution in [3.8, 4) is 0 Å². The highest BCUT2D eigenvalue weighted by molar-refractivity contribution is 6.03. The predicted octanol–water partition coefficient (Wildman–Crippen LogP) is 3.59. The quantitative estimate of drug-likeness (QED) is 0.711. The molecule has 0 unspecified atom stereocenters. The van der Waals surface area contributed by atoms with Gasteiger partial charge in [0.2, 0.25) is 0 Å². The van der Waals surface area contributed by atoms with Crippen molar-refractivity contribution in [1.82, 2.24) is 4.90 Å². The molecule has 0 aromatic rings. The summed E-state index contributed by atoms with van der Waals surface area (Å²) in [6, 6.07) is 0. The zero-order valence-electron chi connectivity index (χ0n) is 11.4. The normalized spacial score (nSPS) is 18.3. The first-order valence-electron chi connectivity index (χ1n) is 5.88. The Morgan fingerprint density at radius 2 is 1.53 bits per heavy atom. The van der Waals surface area contributed by atoms with E-state index in [1.54, 1.807) is 4.90 Å². The number of rotatable bonds is 2. The molecular weight excluding hydrogens is 210 g/mol. The van der Waals surface area contributed by atoms with Crippen molar-refractivity contribution in [2.24, 2.45) is 0 Å². The summed E-state index contributed by atoms with van der Waals surface area (Å²) in [6.07, 6.45) is 7.62. The molecule has 1 rings (SSSR count). The molecule has 2 nitrogen and oxygen atoms in total. The maximum absolute atomic E-state index is 12.4. The lowest BCUT2D eigenvalue weighted by Crippen LogP contribution is -2.42. The van der Waals surface area contributed by atoms with E-state index in [2.05, 4.69) is 6.58 Å². The summed E-state index contributed by atoms with van der Waals surface area (Å²) in [5.41, 5.74) is 2.19. The predicted molar refractivity (Wildman–Crippen MR) is 72.4 cm³/mol. The van der Waals surface area contributed by atoms with Crippen LogP contribution in [0.15, 0.2) is 47.7 Å². The Bertz CT molecular complexity index is 396. The van der Waals surface area contributed by atoms with Crippen LogP contribution < -0.4 is 0 Å². The average molecular weight is 231 g/mol. The van der Waals surface area contributed by atoms with Gasteiger partial charge in [-0.05, 0) is 34.6 Å². The van der Waals surface area contributed by atoms with Crippen LogP contribution in [-0.2, 0) is 4.79 Å².